The number of aliphatic hydroxyl groups is 5. The van der Waals surface area contributed by atoms with Gasteiger partial charge in [0.25, 0.3) is 0 Å². The smallest absolute Gasteiger partial charge is 0.111 e. The number of hydrogen-bond acceptors (Lipinski definition) is 6. The van der Waals surface area contributed by atoms with Gasteiger partial charge in [-0.05, 0) is 6.42 Å². The van der Waals surface area contributed by atoms with Crippen molar-refractivity contribution >= 4 is 0 Å². The summed E-state index contributed by atoms with van der Waals surface area (Å²) in [6.07, 6.45) is 0.935. The molecule has 0 spiro atoms. The average molecular weight is 294 g/mol. The molecule has 4 atom stereocenters. The molecule has 0 unspecified atom stereocenters. The maximum atomic E-state index is 9.58. The Hall–Kier alpha value is -0.240. The van der Waals surface area contributed by atoms with Crippen LogP contribution in [0.15, 0.2) is 0 Å². The summed E-state index contributed by atoms with van der Waals surface area (Å²) in [5, 5.41) is 46.3. The fourth-order valence-electron chi connectivity index (χ4n) is 1.85. The molecule has 122 valence electrons. The molecule has 0 heterocycles. The first-order valence-corrected chi connectivity index (χ1v) is 7.45. The molecule has 6 nitrogen and oxygen atoms in total. The molecule has 0 rings (SSSR count). The third kappa shape index (κ3) is 8.84. The predicted octanol–water partition coefficient (Wildman–Crippen LogP) is -0.201. The monoisotopic (exact) mass is 294 g/mol. The molecule has 20 heavy (non-hydrogen) atoms. The molecule has 0 aliphatic heterocycles. The molecule has 0 fully saturated rings. The second-order valence-corrected chi connectivity index (χ2v) is 5.14. The lowest BCUT2D eigenvalue weighted by atomic mass is 10.0. The van der Waals surface area contributed by atoms with E-state index in [2.05, 4.69) is 6.92 Å². The Morgan fingerprint density at radius 1 is 0.800 bits per heavy atom. The molecular weight excluding hydrogens is 264 g/mol. The largest absolute Gasteiger partial charge is 0.394 e. The van der Waals surface area contributed by atoms with Gasteiger partial charge in [-0.1, -0.05) is 39.0 Å². The molecule has 0 aromatic carbocycles. The topological polar surface area (TPSA) is 110 Å². The maximum Gasteiger partial charge on any atom is 0.111 e. The number of hydrogen-bond donors (Lipinski definition) is 5. The summed E-state index contributed by atoms with van der Waals surface area (Å²) < 4.78 is 5.22. The van der Waals surface area contributed by atoms with Crippen LogP contribution in [0.2, 0.25) is 0 Å². The van der Waals surface area contributed by atoms with E-state index < -0.39 is 31.0 Å². The first kappa shape index (κ1) is 19.8. The van der Waals surface area contributed by atoms with Crippen molar-refractivity contribution in [3.05, 3.63) is 0 Å². The number of rotatable bonds is 13. The van der Waals surface area contributed by atoms with Crippen LogP contribution >= 0.6 is 0 Å². The summed E-state index contributed by atoms with van der Waals surface area (Å²) in [6.45, 7) is 1.88. The summed E-state index contributed by atoms with van der Waals surface area (Å²) >= 11 is 0. The zero-order valence-electron chi connectivity index (χ0n) is 12.3. The van der Waals surface area contributed by atoms with E-state index in [1.807, 2.05) is 0 Å². The number of unbranched alkanes of at least 4 members (excludes halogenated alkanes) is 5. The molecule has 0 aliphatic carbocycles. The first-order chi connectivity index (χ1) is 9.54. The van der Waals surface area contributed by atoms with E-state index >= 15 is 0 Å². The Balaban J connectivity index is 3.59. The van der Waals surface area contributed by atoms with Crippen molar-refractivity contribution in [2.24, 2.45) is 0 Å². The van der Waals surface area contributed by atoms with Gasteiger partial charge < -0.3 is 30.3 Å². The highest BCUT2D eigenvalue weighted by Gasteiger charge is 2.29. The minimum absolute atomic E-state index is 0.106. The van der Waals surface area contributed by atoms with Crippen LogP contribution in [0.3, 0.4) is 0 Å². The van der Waals surface area contributed by atoms with Gasteiger partial charge in [-0.2, -0.15) is 0 Å². The highest BCUT2D eigenvalue weighted by molar-refractivity contribution is 4.80. The lowest BCUT2D eigenvalue weighted by Crippen LogP contribution is -2.47. The van der Waals surface area contributed by atoms with Gasteiger partial charge in [-0.15, -0.1) is 0 Å². The van der Waals surface area contributed by atoms with Crippen LogP contribution in [0.1, 0.15) is 45.4 Å². The Bertz CT molecular complexity index is 214. The fourth-order valence-corrected chi connectivity index (χ4v) is 1.85. The number of aliphatic hydroxyl groups excluding tert-OH is 5. The van der Waals surface area contributed by atoms with Crippen LogP contribution in [-0.2, 0) is 4.74 Å². The molecule has 0 aliphatic rings. The molecule has 0 bridgehead atoms. The summed E-state index contributed by atoms with van der Waals surface area (Å²) in [6, 6.07) is 0. The van der Waals surface area contributed by atoms with Gasteiger partial charge in [0.1, 0.15) is 24.4 Å². The summed E-state index contributed by atoms with van der Waals surface area (Å²) in [5.41, 5.74) is 0. The van der Waals surface area contributed by atoms with Gasteiger partial charge in [-0.25, -0.2) is 0 Å². The van der Waals surface area contributed by atoms with Crippen LogP contribution < -0.4 is 0 Å². The molecule has 5 N–H and O–H groups in total. The maximum absolute atomic E-state index is 9.58. The SMILES string of the molecule is CCCCCCCCOC[C@@H](O)[C@H](O)[C@H](O)[C@@H](O)CO. The van der Waals surface area contributed by atoms with E-state index in [-0.39, 0.29) is 6.61 Å². The third-order valence-corrected chi connectivity index (χ3v) is 3.26. The molecule has 0 saturated heterocycles. The van der Waals surface area contributed by atoms with Crippen molar-refractivity contribution in [3.8, 4) is 0 Å². The van der Waals surface area contributed by atoms with E-state index in [9.17, 15) is 15.3 Å². The quantitative estimate of drug-likeness (QED) is 0.301. The Morgan fingerprint density at radius 2 is 1.35 bits per heavy atom. The zero-order chi connectivity index (χ0) is 15.4. The van der Waals surface area contributed by atoms with Gasteiger partial charge in [0.15, 0.2) is 0 Å². The minimum Gasteiger partial charge on any atom is -0.394 e. The lowest BCUT2D eigenvalue weighted by molar-refractivity contribution is -0.129. The van der Waals surface area contributed by atoms with Crippen molar-refractivity contribution in [3.63, 3.8) is 0 Å². The van der Waals surface area contributed by atoms with E-state index in [1.165, 1.54) is 25.7 Å². The van der Waals surface area contributed by atoms with Crippen LogP contribution in [0, 0.1) is 0 Å². The van der Waals surface area contributed by atoms with Gasteiger partial charge in [0.05, 0.1) is 13.2 Å². The van der Waals surface area contributed by atoms with E-state index in [4.69, 9.17) is 14.9 Å². The highest BCUT2D eigenvalue weighted by Crippen LogP contribution is 2.07. The highest BCUT2D eigenvalue weighted by atomic mass is 16.5. The van der Waals surface area contributed by atoms with Gasteiger partial charge >= 0.3 is 0 Å². The van der Waals surface area contributed by atoms with E-state index in [0.29, 0.717) is 6.61 Å². The molecule has 0 amide bonds. The Morgan fingerprint density at radius 3 is 1.95 bits per heavy atom. The third-order valence-electron chi connectivity index (χ3n) is 3.26. The predicted molar refractivity (Wildman–Crippen MR) is 75.3 cm³/mol. The molecular formula is C14H30O6. The standard InChI is InChI=1S/C14H30O6/c1-2-3-4-5-6-7-8-20-10-12(17)14(19)13(18)11(16)9-15/h11-19H,2-10H2,1H3/t11-,12+,13+,14-/m0/s1. The van der Waals surface area contributed by atoms with Gasteiger partial charge in [0, 0.05) is 6.61 Å². The lowest BCUT2D eigenvalue weighted by Gasteiger charge is -2.25. The fraction of sp³-hybridized carbons (Fsp3) is 1.00. The van der Waals surface area contributed by atoms with E-state index in [1.54, 1.807) is 0 Å². The summed E-state index contributed by atoms with van der Waals surface area (Å²) in [5.74, 6) is 0. The summed E-state index contributed by atoms with van der Waals surface area (Å²) in [4.78, 5) is 0. The Labute approximate surface area is 121 Å². The van der Waals surface area contributed by atoms with Crippen molar-refractivity contribution < 1.29 is 30.3 Å². The minimum atomic E-state index is -1.59. The van der Waals surface area contributed by atoms with Crippen molar-refractivity contribution in [2.75, 3.05) is 19.8 Å². The number of ether oxygens (including phenoxy) is 1. The zero-order valence-corrected chi connectivity index (χ0v) is 12.3. The molecule has 0 saturated carbocycles. The molecule has 0 aromatic heterocycles. The van der Waals surface area contributed by atoms with Gasteiger partial charge in [-0.3, -0.25) is 0 Å². The van der Waals surface area contributed by atoms with Crippen LogP contribution in [0.25, 0.3) is 0 Å². The molecule has 0 radical (unpaired) electrons. The molecule has 0 aromatic rings. The van der Waals surface area contributed by atoms with Crippen LogP contribution in [0.4, 0.5) is 0 Å². The summed E-state index contributed by atoms with van der Waals surface area (Å²) in [7, 11) is 0. The van der Waals surface area contributed by atoms with E-state index in [0.717, 1.165) is 12.8 Å². The normalized spacial score (nSPS) is 17.7. The van der Waals surface area contributed by atoms with Crippen molar-refractivity contribution in [2.45, 2.75) is 69.9 Å². The Kier molecular flexibility index (Phi) is 12.3. The second-order valence-electron chi connectivity index (χ2n) is 5.14. The van der Waals surface area contributed by atoms with Crippen LogP contribution in [0.5, 0.6) is 0 Å². The van der Waals surface area contributed by atoms with Crippen LogP contribution in [-0.4, -0.2) is 69.8 Å². The average Bonchev–Trinajstić information content (AvgIpc) is 2.47. The van der Waals surface area contributed by atoms with Gasteiger partial charge in [0.2, 0.25) is 0 Å². The molecule has 6 heteroatoms. The van der Waals surface area contributed by atoms with Crippen molar-refractivity contribution in [1.82, 2.24) is 0 Å². The first-order valence-electron chi connectivity index (χ1n) is 7.45. The van der Waals surface area contributed by atoms with Crippen molar-refractivity contribution in [1.29, 1.82) is 0 Å². The second kappa shape index (κ2) is 12.5.